The normalized spacial score (nSPS) is 14.5. The van der Waals surface area contributed by atoms with Crippen LogP contribution < -0.4 is 5.32 Å². The number of nitrogens with zero attached hydrogens (tertiary/aromatic N) is 1. The molecular weight excluding hydrogens is 320 g/mol. The molecule has 0 radical (unpaired) electrons. The van der Waals surface area contributed by atoms with Gasteiger partial charge in [-0.1, -0.05) is 60.7 Å². The van der Waals surface area contributed by atoms with E-state index in [0.717, 1.165) is 11.1 Å². The van der Waals surface area contributed by atoms with Crippen LogP contribution in [0, 0.1) is 0 Å². The molecule has 0 bridgehead atoms. The highest BCUT2D eigenvalue weighted by Gasteiger charge is 2.25. The van der Waals surface area contributed by atoms with Crippen LogP contribution in [0.25, 0.3) is 0 Å². The summed E-state index contributed by atoms with van der Waals surface area (Å²) in [6, 6.07) is 19.5. The van der Waals surface area contributed by atoms with Crippen LogP contribution in [0.4, 0.5) is 0 Å². The van der Waals surface area contributed by atoms with E-state index < -0.39 is 0 Å². The largest absolute Gasteiger partial charge is 0.378 e. The fourth-order valence-corrected chi connectivity index (χ4v) is 3.09. The fraction of sp³-hybridized carbons (Fsp3) is 0.263. The summed E-state index contributed by atoms with van der Waals surface area (Å²) >= 11 is 5.41. The number of benzene rings is 2. The lowest BCUT2D eigenvalue weighted by atomic mass is 9.90. The zero-order valence-corrected chi connectivity index (χ0v) is 14.2. The Morgan fingerprint density at radius 3 is 1.96 bits per heavy atom. The average molecular weight is 340 g/mol. The van der Waals surface area contributed by atoms with Gasteiger partial charge in [0.2, 0.25) is 5.91 Å². The van der Waals surface area contributed by atoms with E-state index in [2.05, 4.69) is 5.32 Å². The molecule has 1 fully saturated rings. The number of carbonyl (C=O) groups is 1. The summed E-state index contributed by atoms with van der Waals surface area (Å²) in [5.74, 6) is -0.490. The molecule has 2 aromatic carbocycles. The average Bonchev–Trinajstić information content (AvgIpc) is 2.64. The lowest BCUT2D eigenvalue weighted by Gasteiger charge is -2.29. The van der Waals surface area contributed by atoms with Gasteiger partial charge in [-0.2, -0.15) is 0 Å². The SMILES string of the molecule is O=C(NC(=S)N1CCOCC1)C(c1ccccc1)c1ccccc1. The molecule has 0 spiro atoms. The molecule has 24 heavy (non-hydrogen) atoms. The van der Waals surface area contributed by atoms with Crippen molar-refractivity contribution < 1.29 is 9.53 Å². The van der Waals surface area contributed by atoms with E-state index in [0.29, 0.717) is 31.4 Å². The van der Waals surface area contributed by atoms with Gasteiger partial charge in [0.1, 0.15) is 0 Å². The molecule has 1 saturated heterocycles. The third kappa shape index (κ3) is 3.99. The van der Waals surface area contributed by atoms with Crippen molar-refractivity contribution in [2.75, 3.05) is 26.3 Å². The van der Waals surface area contributed by atoms with Gasteiger partial charge in [0.15, 0.2) is 5.11 Å². The zero-order valence-electron chi connectivity index (χ0n) is 13.4. The monoisotopic (exact) mass is 340 g/mol. The third-order valence-corrected chi connectivity index (χ3v) is 4.42. The van der Waals surface area contributed by atoms with Crippen molar-refractivity contribution in [2.45, 2.75) is 5.92 Å². The summed E-state index contributed by atoms with van der Waals surface area (Å²) in [7, 11) is 0. The van der Waals surface area contributed by atoms with Gasteiger partial charge in [-0.25, -0.2) is 0 Å². The molecular formula is C19H20N2O2S. The molecule has 1 N–H and O–H groups in total. The maximum Gasteiger partial charge on any atom is 0.238 e. The molecule has 5 heteroatoms. The van der Waals surface area contributed by atoms with Gasteiger partial charge in [0.05, 0.1) is 19.1 Å². The second-order valence-electron chi connectivity index (χ2n) is 5.65. The molecule has 0 aliphatic carbocycles. The Bertz CT molecular complexity index is 646. The van der Waals surface area contributed by atoms with Crippen LogP contribution in [0.15, 0.2) is 60.7 Å². The summed E-state index contributed by atoms with van der Waals surface area (Å²) in [4.78, 5) is 14.9. The molecule has 1 aliphatic heterocycles. The van der Waals surface area contributed by atoms with Gasteiger partial charge >= 0.3 is 0 Å². The predicted molar refractivity (Wildman–Crippen MR) is 97.9 cm³/mol. The van der Waals surface area contributed by atoms with Crippen molar-refractivity contribution >= 4 is 23.2 Å². The lowest BCUT2D eigenvalue weighted by Crippen LogP contribution is -2.48. The maximum atomic E-state index is 12.9. The topological polar surface area (TPSA) is 41.6 Å². The minimum absolute atomic E-state index is 0.108. The summed E-state index contributed by atoms with van der Waals surface area (Å²) in [6.07, 6.45) is 0. The van der Waals surface area contributed by atoms with E-state index >= 15 is 0 Å². The van der Waals surface area contributed by atoms with Crippen molar-refractivity contribution in [2.24, 2.45) is 0 Å². The Hall–Kier alpha value is -2.24. The van der Waals surface area contributed by atoms with E-state index in [1.165, 1.54) is 0 Å². The first-order valence-corrected chi connectivity index (χ1v) is 8.44. The van der Waals surface area contributed by atoms with Gasteiger partial charge in [0.25, 0.3) is 0 Å². The Labute approximate surface area is 147 Å². The lowest BCUT2D eigenvalue weighted by molar-refractivity contribution is -0.120. The number of nitrogens with one attached hydrogen (secondary N) is 1. The summed E-state index contributed by atoms with van der Waals surface area (Å²) in [5, 5.41) is 3.38. The quantitative estimate of drug-likeness (QED) is 0.872. The summed E-state index contributed by atoms with van der Waals surface area (Å²) in [5.41, 5.74) is 1.90. The molecule has 0 atom stereocenters. The van der Waals surface area contributed by atoms with Crippen molar-refractivity contribution in [1.82, 2.24) is 10.2 Å². The first-order valence-electron chi connectivity index (χ1n) is 8.03. The zero-order chi connectivity index (χ0) is 16.8. The highest BCUT2D eigenvalue weighted by molar-refractivity contribution is 7.80. The van der Waals surface area contributed by atoms with Gasteiger partial charge in [-0.15, -0.1) is 0 Å². The van der Waals surface area contributed by atoms with Crippen LogP contribution in [0.2, 0.25) is 0 Å². The number of ether oxygens (including phenoxy) is 1. The van der Waals surface area contributed by atoms with E-state index in [9.17, 15) is 4.79 Å². The number of amides is 1. The second-order valence-corrected chi connectivity index (χ2v) is 6.03. The number of hydrogen-bond acceptors (Lipinski definition) is 3. The van der Waals surface area contributed by atoms with Crippen molar-refractivity contribution in [3.05, 3.63) is 71.8 Å². The van der Waals surface area contributed by atoms with Crippen molar-refractivity contribution in [1.29, 1.82) is 0 Å². The van der Waals surface area contributed by atoms with Crippen molar-refractivity contribution in [3.8, 4) is 0 Å². The van der Waals surface area contributed by atoms with E-state index in [1.807, 2.05) is 65.6 Å². The fourth-order valence-electron chi connectivity index (χ4n) is 2.81. The molecule has 4 nitrogen and oxygen atoms in total. The molecule has 124 valence electrons. The van der Waals surface area contributed by atoms with Crippen LogP contribution in [0.3, 0.4) is 0 Å². The number of thiocarbonyl (C=S) groups is 1. The second kappa shape index (κ2) is 8.04. The molecule has 3 rings (SSSR count). The highest BCUT2D eigenvalue weighted by atomic mass is 32.1. The predicted octanol–water partition coefficient (Wildman–Crippen LogP) is 2.55. The van der Waals surface area contributed by atoms with Crippen molar-refractivity contribution in [3.63, 3.8) is 0 Å². The Morgan fingerprint density at radius 2 is 1.46 bits per heavy atom. The van der Waals surface area contributed by atoms with E-state index in [4.69, 9.17) is 17.0 Å². The maximum absolute atomic E-state index is 12.9. The Morgan fingerprint density at radius 1 is 0.958 bits per heavy atom. The number of hydrogen-bond donors (Lipinski definition) is 1. The van der Waals surface area contributed by atoms with Crippen LogP contribution in [-0.4, -0.2) is 42.2 Å². The third-order valence-electron chi connectivity index (χ3n) is 4.06. The van der Waals surface area contributed by atoms with Gasteiger partial charge in [-0.3, -0.25) is 4.79 Å². The van der Waals surface area contributed by atoms with Gasteiger partial charge in [-0.05, 0) is 23.3 Å². The first kappa shape index (κ1) is 16.6. The molecule has 1 amide bonds. The molecule has 0 unspecified atom stereocenters. The minimum atomic E-state index is -0.383. The summed E-state index contributed by atoms with van der Waals surface area (Å²) < 4.78 is 5.33. The standard InChI is InChI=1S/C19H20N2O2S/c22-18(20-19(24)21-11-13-23-14-12-21)17(15-7-3-1-4-8-15)16-9-5-2-6-10-16/h1-10,17H,11-14H2,(H,20,22,24). The minimum Gasteiger partial charge on any atom is -0.378 e. The van der Waals surface area contributed by atoms with E-state index in [-0.39, 0.29) is 11.8 Å². The highest BCUT2D eigenvalue weighted by Crippen LogP contribution is 2.24. The van der Waals surface area contributed by atoms with Crippen LogP contribution in [-0.2, 0) is 9.53 Å². The molecule has 0 aromatic heterocycles. The molecule has 1 heterocycles. The molecule has 1 aliphatic rings. The number of rotatable bonds is 3. The van der Waals surface area contributed by atoms with E-state index in [1.54, 1.807) is 0 Å². The van der Waals surface area contributed by atoms with Gasteiger partial charge in [0, 0.05) is 13.1 Å². The van der Waals surface area contributed by atoms with Gasteiger partial charge < -0.3 is 15.0 Å². The first-order chi connectivity index (χ1) is 11.8. The van der Waals surface area contributed by atoms with Crippen LogP contribution >= 0.6 is 12.2 Å². The Kier molecular flexibility index (Phi) is 5.56. The van der Waals surface area contributed by atoms with Crippen LogP contribution in [0.1, 0.15) is 17.0 Å². The Balaban J connectivity index is 1.80. The summed E-state index contributed by atoms with van der Waals surface area (Å²) in [6.45, 7) is 2.69. The number of carbonyl (C=O) groups excluding carboxylic acids is 1. The molecule has 2 aromatic rings. The number of morpholine rings is 1. The molecule has 0 saturated carbocycles. The smallest absolute Gasteiger partial charge is 0.238 e. The van der Waals surface area contributed by atoms with Crippen LogP contribution in [0.5, 0.6) is 0 Å².